The van der Waals surface area contributed by atoms with Crippen LogP contribution in [-0.4, -0.2) is 34.2 Å². The molecule has 134 valence electrons. The first kappa shape index (κ1) is 17.5. The fourth-order valence-corrected chi connectivity index (χ4v) is 3.62. The molecule has 1 aliphatic heterocycles. The molecule has 1 fully saturated rings. The number of nitrogens with zero attached hydrogens (tertiary/aromatic N) is 3. The molecule has 0 aliphatic carbocycles. The molecule has 1 aromatic carbocycles. The number of carbonyl (C=O) groups excluding carboxylic acids is 1. The van der Waals surface area contributed by atoms with Gasteiger partial charge in [-0.1, -0.05) is 22.9 Å². The van der Waals surface area contributed by atoms with Gasteiger partial charge in [0.15, 0.2) is 5.82 Å². The number of hydrogen-bond donors (Lipinski definition) is 1. The number of hydrogen-bond acceptors (Lipinski definition) is 4. The minimum absolute atomic E-state index is 0.0238. The van der Waals surface area contributed by atoms with Gasteiger partial charge in [0.05, 0.1) is 0 Å². The van der Waals surface area contributed by atoms with Crippen LogP contribution in [0.2, 0.25) is 0 Å². The molecule has 2 amide bonds. The smallest absolute Gasteiger partial charge is 0.317 e. The number of benzene rings is 1. The molecule has 6 nitrogen and oxygen atoms in total. The van der Waals surface area contributed by atoms with Crippen molar-refractivity contribution in [1.82, 2.24) is 20.4 Å². The number of amides is 2. The van der Waals surface area contributed by atoms with E-state index >= 15 is 0 Å². The molecule has 0 saturated carbocycles. The van der Waals surface area contributed by atoms with Crippen molar-refractivity contribution >= 4 is 6.03 Å². The number of aromatic nitrogens is 2. The van der Waals surface area contributed by atoms with Gasteiger partial charge in [-0.25, -0.2) is 4.79 Å². The van der Waals surface area contributed by atoms with Crippen molar-refractivity contribution in [2.45, 2.75) is 53.0 Å². The molecule has 2 aromatic rings. The lowest BCUT2D eigenvalue weighted by Crippen LogP contribution is -2.45. The third-order valence-electron chi connectivity index (χ3n) is 4.87. The molecule has 0 radical (unpaired) electrons. The van der Waals surface area contributed by atoms with Gasteiger partial charge in [0.2, 0.25) is 5.89 Å². The molecule has 6 heteroatoms. The number of aryl methyl sites for hydroxylation is 4. The summed E-state index contributed by atoms with van der Waals surface area (Å²) in [6.07, 6.45) is 1.94. The zero-order chi connectivity index (χ0) is 18.0. The zero-order valence-corrected chi connectivity index (χ0v) is 15.4. The van der Waals surface area contributed by atoms with Crippen LogP contribution >= 0.6 is 0 Å². The van der Waals surface area contributed by atoms with Crippen molar-refractivity contribution in [3.63, 3.8) is 0 Å². The topological polar surface area (TPSA) is 71.3 Å². The van der Waals surface area contributed by atoms with Crippen LogP contribution in [0.15, 0.2) is 16.7 Å². The maximum absolute atomic E-state index is 12.6. The normalized spacial score (nSPS) is 17.6. The number of carbonyl (C=O) groups is 1. The minimum Gasteiger partial charge on any atom is -0.340 e. The van der Waals surface area contributed by atoms with Crippen molar-refractivity contribution in [2.24, 2.45) is 0 Å². The maximum atomic E-state index is 12.6. The highest BCUT2D eigenvalue weighted by atomic mass is 16.5. The third-order valence-corrected chi connectivity index (χ3v) is 4.87. The van der Waals surface area contributed by atoms with E-state index in [9.17, 15) is 4.79 Å². The summed E-state index contributed by atoms with van der Waals surface area (Å²) in [5.41, 5.74) is 4.88. The first-order chi connectivity index (χ1) is 11.9. The molecule has 0 unspecified atom stereocenters. The highest BCUT2D eigenvalue weighted by Crippen LogP contribution is 2.25. The first-order valence-corrected chi connectivity index (χ1v) is 8.83. The Bertz CT molecular complexity index is 746. The van der Waals surface area contributed by atoms with Crippen molar-refractivity contribution in [3.05, 3.63) is 46.1 Å². The van der Waals surface area contributed by atoms with Crippen LogP contribution in [0.5, 0.6) is 0 Å². The van der Waals surface area contributed by atoms with E-state index in [4.69, 9.17) is 4.52 Å². The quantitative estimate of drug-likeness (QED) is 0.928. The number of likely N-dealkylation sites (tertiary alicyclic amines) is 1. The van der Waals surface area contributed by atoms with Gasteiger partial charge in [-0.05, 0) is 50.3 Å². The molecule has 1 aromatic heterocycles. The Morgan fingerprint density at radius 3 is 2.64 bits per heavy atom. The summed E-state index contributed by atoms with van der Waals surface area (Å²) in [4.78, 5) is 18.8. The number of piperidine rings is 1. The second-order valence-corrected chi connectivity index (χ2v) is 6.99. The summed E-state index contributed by atoms with van der Waals surface area (Å²) in [7, 11) is 0. The van der Waals surface area contributed by atoms with E-state index < -0.39 is 0 Å². The molecule has 25 heavy (non-hydrogen) atoms. The SMILES string of the molecule is Cc1cc(C)c(CNC(=O)N2CCC[C@@H](c3noc(C)n3)C2)c(C)c1. The van der Waals surface area contributed by atoms with Crippen LogP contribution < -0.4 is 5.32 Å². The molecule has 1 N–H and O–H groups in total. The van der Waals surface area contributed by atoms with Gasteiger partial charge in [0, 0.05) is 32.5 Å². The highest BCUT2D eigenvalue weighted by Gasteiger charge is 2.27. The maximum Gasteiger partial charge on any atom is 0.317 e. The summed E-state index contributed by atoms with van der Waals surface area (Å²) in [5, 5.41) is 7.08. The molecule has 1 aliphatic rings. The molecular weight excluding hydrogens is 316 g/mol. The Kier molecular flexibility index (Phi) is 5.06. The molecule has 1 atom stereocenters. The number of nitrogens with one attached hydrogen (secondary N) is 1. The van der Waals surface area contributed by atoms with Crippen LogP contribution in [0.1, 0.15) is 52.7 Å². The molecule has 3 rings (SSSR count). The van der Waals surface area contributed by atoms with Gasteiger partial charge >= 0.3 is 6.03 Å². The summed E-state index contributed by atoms with van der Waals surface area (Å²) >= 11 is 0. The Hall–Kier alpha value is -2.37. The number of rotatable bonds is 3. The third kappa shape index (κ3) is 4.00. The second kappa shape index (κ2) is 7.25. The van der Waals surface area contributed by atoms with Gasteiger partial charge in [-0.3, -0.25) is 0 Å². The zero-order valence-electron chi connectivity index (χ0n) is 15.4. The van der Waals surface area contributed by atoms with Gasteiger partial charge in [0.1, 0.15) is 0 Å². The average Bonchev–Trinajstić information content (AvgIpc) is 3.00. The van der Waals surface area contributed by atoms with Crippen LogP contribution in [-0.2, 0) is 6.54 Å². The van der Waals surface area contributed by atoms with E-state index in [-0.39, 0.29) is 11.9 Å². The van der Waals surface area contributed by atoms with Crippen molar-refractivity contribution in [2.75, 3.05) is 13.1 Å². The fourth-order valence-electron chi connectivity index (χ4n) is 3.62. The fraction of sp³-hybridized carbons (Fsp3) is 0.526. The second-order valence-electron chi connectivity index (χ2n) is 6.99. The predicted octanol–water partition coefficient (Wildman–Crippen LogP) is 3.39. The number of urea groups is 1. The molecule has 0 bridgehead atoms. The summed E-state index contributed by atoms with van der Waals surface area (Å²) in [6, 6.07) is 4.29. The van der Waals surface area contributed by atoms with E-state index in [0.29, 0.717) is 24.8 Å². The summed E-state index contributed by atoms with van der Waals surface area (Å²) < 4.78 is 5.07. The van der Waals surface area contributed by atoms with Gasteiger partial charge in [-0.15, -0.1) is 0 Å². The lowest BCUT2D eigenvalue weighted by atomic mass is 9.97. The van der Waals surface area contributed by atoms with Gasteiger partial charge < -0.3 is 14.7 Å². The Morgan fingerprint density at radius 1 is 1.28 bits per heavy atom. The van der Waals surface area contributed by atoms with Crippen LogP contribution in [0.3, 0.4) is 0 Å². The van der Waals surface area contributed by atoms with Crippen molar-refractivity contribution in [1.29, 1.82) is 0 Å². The minimum atomic E-state index is -0.0238. The first-order valence-electron chi connectivity index (χ1n) is 8.83. The Morgan fingerprint density at radius 2 is 2.00 bits per heavy atom. The van der Waals surface area contributed by atoms with Crippen molar-refractivity contribution in [3.8, 4) is 0 Å². The molecular formula is C19H26N4O2. The van der Waals surface area contributed by atoms with Crippen LogP contribution in [0.25, 0.3) is 0 Å². The standard InChI is InChI=1S/C19H26N4O2/c1-12-8-13(2)17(14(3)9-12)10-20-19(24)23-7-5-6-16(11-23)18-21-15(4)25-22-18/h8-9,16H,5-7,10-11H2,1-4H3,(H,20,24)/t16-/m1/s1. The van der Waals surface area contributed by atoms with Gasteiger partial charge in [0.25, 0.3) is 0 Å². The van der Waals surface area contributed by atoms with Crippen LogP contribution in [0, 0.1) is 27.7 Å². The Balaban J connectivity index is 1.61. The summed E-state index contributed by atoms with van der Waals surface area (Å²) in [6.45, 7) is 10.0. The van der Waals surface area contributed by atoms with Gasteiger partial charge in [-0.2, -0.15) is 4.98 Å². The molecule has 2 heterocycles. The molecule has 1 saturated heterocycles. The predicted molar refractivity (Wildman–Crippen MR) is 95.5 cm³/mol. The van der Waals surface area contributed by atoms with Crippen molar-refractivity contribution < 1.29 is 9.32 Å². The molecule has 0 spiro atoms. The lowest BCUT2D eigenvalue weighted by Gasteiger charge is -2.31. The summed E-state index contributed by atoms with van der Waals surface area (Å²) in [5.74, 6) is 1.43. The van der Waals surface area contributed by atoms with E-state index in [2.05, 4.69) is 48.4 Å². The van der Waals surface area contributed by atoms with E-state index in [0.717, 1.165) is 19.4 Å². The van der Waals surface area contributed by atoms with E-state index in [1.807, 2.05) is 4.90 Å². The lowest BCUT2D eigenvalue weighted by molar-refractivity contribution is 0.177. The van der Waals surface area contributed by atoms with E-state index in [1.54, 1.807) is 6.92 Å². The van der Waals surface area contributed by atoms with Crippen LogP contribution in [0.4, 0.5) is 4.79 Å². The largest absolute Gasteiger partial charge is 0.340 e. The monoisotopic (exact) mass is 342 g/mol. The Labute approximate surface area is 148 Å². The van der Waals surface area contributed by atoms with E-state index in [1.165, 1.54) is 22.3 Å². The average molecular weight is 342 g/mol. The highest BCUT2D eigenvalue weighted by molar-refractivity contribution is 5.74.